The maximum atomic E-state index is 12.7. The number of rotatable bonds is 7. The van der Waals surface area contributed by atoms with Gasteiger partial charge in [-0.2, -0.15) is 0 Å². The van der Waals surface area contributed by atoms with Gasteiger partial charge in [0.05, 0.1) is 5.56 Å². The molecule has 2 rings (SSSR count). The zero-order chi connectivity index (χ0) is 17.7. The molecule has 0 unspecified atom stereocenters. The van der Waals surface area contributed by atoms with E-state index >= 15 is 0 Å². The summed E-state index contributed by atoms with van der Waals surface area (Å²) < 4.78 is 0. The van der Waals surface area contributed by atoms with Crippen molar-refractivity contribution in [2.45, 2.75) is 13.3 Å². The van der Waals surface area contributed by atoms with Crippen molar-refractivity contribution in [2.24, 2.45) is 0 Å². The fraction of sp³-hybridized carbons (Fsp3) is 0.294. The van der Waals surface area contributed by atoms with Crippen molar-refractivity contribution in [3.8, 4) is 10.4 Å². The number of benzene rings is 1. The van der Waals surface area contributed by atoms with Crippen LogP contribution in [0, 0.1) is 6.92 Å². The Labute approximate surface area is 149 Å². The minimum Gasteiger partial charge on any atom is -0.396 e. The Bertz CT molecular complexity index is 745. The monoisotopic (exact) mass is 366 g/mol. The van der Waals surface area contributed by atoms with Gasteiger partial charge in [0.15, 0.2) is 0 Å². The van der Waals surface area contributed by atoms with Crippen molar-refractivity contribution in [1.82, 2.24) is 4.90 Å². The van der Waals surface area contributed by atoms with Crippen LogP contribution >= 0.6 is 22.9 Å². The molecule has 128 valence electrons. The molecule has 5 nitrogen and oxygen atoms in total. The van der Waals surface area contributed by atoms with Gasteiger partial charge < -0.3 is 15.3 Å². The van der Waals surface area contributed by atoms with E-state index in [4.69, 9.17) is 16.7 Å². The molecule has 2 aromatic rings. The molecule has 7 heteroatoms. The molecule has 0 spiro atoms. The summed E-state index contributed by atoms with van der Waals surface area (Å²) in [5.74, 6) is -0.185. The van der Waals surface area contributed by atoms with Crippen LogP contribution in [0.4, 0.5) is 5.00 Å². The van der Waals surface area contributed by atoms with Gasteiger partial charge in [0.1, 0.15) is 5.00 Å². The highest BCUT2D eigenvalue weighted by Gasteiger charge is 2.24. The number of aliphatic hydroxyl groups is 1. The molecule has 1 aromatic heterocycles. The van der Waals surface area contributed by atoms with E-state index in [1.807, 2.05) is 25.1 Å². The van der Waals surface area contributed by atoms with Gasteiger partial charge in [-0.25, -0.2) is 0 Å². The van der Waals surface area contributed by atoms with Crippen molar-refractivity contribution in [2.75, 3.05) is 25.5 Å². The van der Waals surface area contributed by atoms with Crippen LogP contribution < -0.4 is 5.32 Å². The summed E-state index contributed by atoms with van der Waals surface area (Å²) in [6.45, 7) is 2.32. The SMILES string of the molecule is Cc1c(-c2cccc(Cl)c2)sc(NC=O)c1C(=O)N(C)CCCO. The van der Waals surface area contributed by atoms with Crippen LogP contribution in [0.1, 0.15) is 22.3 Å². The van der Waals surface area contributed by atoms with Crippen LogP contribution in [0.2, 0.25) is 5.02 Å². The van der Waals surface area contributed by atoms with E-state index in [0.29, 0.717) is 35.0 Å². The molecule has 1 heterocycles. The second kappa shape index (κ2) is 8.28. The molecule has 0 atom stereocenters. The third kappa shape index (κ3) is 3.95. The van der Waals surface area contributed by atoms with Gasteiger partial charge in [-0.05, 0) is 36.6 Å². The van der Waals surface area contributed by atoms with E-state index in [0.717, 1.165) is 16.0 Å². The lowest BCUT2D eigenvalue weighted by atomic mass is 10.1. The maximum absolute atomic E-state index is 12.7. The smallest absolute Gasteiger partial charge is 0.256 e. The van der Waals surface area contributed by atoms with Crippen molar-refractivity contribution in [3.63, 3.8) is 0 Å². The lowest BCUT2D eigenvalue weighted by Gasteiger charge is -2.17. The second-order valence-corrected chi connectivity index (χ2v) is 6.79. The summed E-state index contributed by atoms with van der Waals surface area (Å²) in [6, 6.07) is 7.37. The Morgan fingerprint density at radius 3 is 2.83 bits per heavy atom. The topological polar surface area (TPSA) is 69.6 Å². The molecule has 2 N–H and O–H groups in total. The van der Waals surface area contributed by atoms with Gasteiger partial charge in [0.25, 0.3) is 5.91 Å². The largest absolute Gasteiger partial charge is 0.396 e. The van der Waals surface area contributed by atoms with Crippen molar-refractivity contribution in [1.29, 1.82) is 0 Å². The summed E-state index contributed by atoms with van der Waals surface area (Å²) in [7, 11) is 1.68. The van der Waals surface area contributed by atoms with E-state index < -0.39 is 0 Å². The Morgan fingerprint density at radius 1 is 1.46 bits per heavy atom. The first-order chi connectivity index (χ1) is 11.5. The maximum Gasteiger partial charge on any atom is 0.256 e. The zero-order valence-electron chi connectivity index (χ0n) is 13.5. The number of nitrogens with one attached hydrogen (secondary N) is 1. The molecule has 1 aromatic carbocycles. The molecule has 0 saturated heterocycles. The molecule has 0 aliphatic heterocycles. The second-order valence-electron chi connectivity index (χ2n) is 5.34. The Hall–Kier alpha value is -1.89. The first kappa shape index (κ1) is 18.4. The highest BCUT2D eigenvalue weighted by atomic mass is 35.5. The molecule has 0 aliphatic carbocycles. The number of thiophene rings is 1. The number of carbonyl (C=O) groups is 2. The quantitative estimate of drug-likeness (QED) is 0.738. The van der Waals surface area contributed by atoms with Gasteiger partial charge in [-0.15, -0.1) is 11.3 Å². The summed E-state index contributed by atoms with van der Waals surface area (Å²) in [5.41, 5.74) is 2.17. The van der Waals surface area contributed by atoms with Crippen LogP contribution in [-0.4, -0.2) is 42.5 Å². The number of amides is 2. The number of hydrogen-bond acceptors (Lipinski definition) is 4. The molecule has 0 radical (unpaired) electrons. The summed E-state index contributed by atoms with van der Waals surface area (Å²) in [6.07, 6.45) is 1.07. The molecule has 0 saturated carbocycles. The van der Waals surface area contributed by atoms with E-state index in [1.165, 1.54) is 11.3 Å². The fourth-order valence-electron chi connectivity index (χ4n) is 2.43. The van der Waals surface area contributed by atoms with Gasteiger partial charge in [0.2, 0.25) is 6.41 Å². The van der Waals surface area contributed by atoms with Gasteiger partial charge in [-0.3, -0.25) is 9.59 Å². The number of nitrogens with zero attached hydrogens (tertiary/aromatic N) is 1. The number of anilines is 1. The normalized spacial score (nSPS) is 10.5. The number of carbonyl (C=O) groups excluding carboxylic acids is 2. The Balaban J connectivity index is 2.47. The number of hydrogen-bond donors (Lipinski definition) is 2. The van der Waals surface area contributed by atoms with Crippen LogP contribution in [0.5, 0.6) is 0 Å². The molecule has 24 heavy (non-hydrogen) atoms. The lowest BCUT2D eigenvalue weighted by Crippen LogP contribution is -2.29. The van der Waals surface area contributed by atoms with Crippen LogP contribution in [-0.2, 0) is 4.79 Å². The fourth-order valence-corrected chi connectivity index (χ4v) is 3.78. The number of halogens is 1. The molecule has 0 bridgehead atoms. The van der Waals surface area contributed by atoms with E-state index in [-0.39, 0.29) is 12.5 Å². The Morgan fingerprint density at radius 2 is 2.21 bits per heavy atom. The van der Waals surface area contributed by atoms with Crippen LogP contribution in [0.15, 0.2) is 24.3 Å². The van der Waals surface area contributed by atoms with E-state index in [9.17, 15) is 9.59 Å². The highest BCUT2D eigenvalue weighted by Crippen LogP contribution is 2.40. The lowest BCUT2D eigenvalue weighted by molar-refractivity contribution is -0.105. The predicted molar refractivity (Wildman–Crippen MR) is 97.9 cm³/mol. The number of aliphatic hydroxyl groups excluding tert-OH is 1. The third-order valence-electron chi connectivity index (χ3n) is 3.64. The van der Waals surface area contributed by atoms with Crippen molar-refractivity contribution in [3.05, 3.63) is 40.4 Å². The van der Waals surface area contributed by atoms with E-state index in [1.54, 1.807) is 18.0 Å². The molecule has 0 fully saturated rings. The molecular weight excluding hydrogens is 348 g/mol. The summed E-state index contributed by atoms with van der Waals surface area (Å²) in [4.78, 5) is 26.1. The minimum atomic E-state index is -0.185. The first-order valence-corrected chi connectivity index (χ1v) is 8.64. The van der Waals surface area contributed by atoms with Crippen molar-refractivity contribution < 1.29 is 14.7 Å². The zero-order valence-corrected chi connectivity index (χ0v) is 15.1. The average Bonchev–Trinajstić information content (AvgIpc) is 2.88. The minimum absolute atomic E-state index is 0.0213. The van der Waals surface area contributed by atoms with Gasteiger partial charge in [-0.1, -0.05) is 23.7 Å². The van der Waals surface area contributed by atoms with Crippen molar-refractivity contribution >= 4 is 40.3 Å². The predicted octanol–water partition coefficient (Wildman–Crippen LogP) is 3.40. The van der Waals surface area contributed by atoms with Crippen LogP contribution in [0.25, 0.3) is 10.4 Å². The summed E-state index contributed by atoms with van der Waals surface area (Å²) in [5, 5.41) is 12.7. The summed E-state index contributed by atoms with van der Waals surface area (Å²) >= 11 is 7.40. The van der Waals surface area contributed by atoms with Gasteiger partial charge >= 0.3 is 0 Å². The first-order valence-electron chi connectivity index (χ1n) is 7.45. The standard InChI is InChI=1S/C17H19ClN2O3S/c1-11-14(17(23)20(2)7-4-8-21)16(19-10-22)24-15(11)12-5-3-6-13(18)9-12/h3,5-6,9-10,21H,4,7-8H2,1-2H3,(H,19,22). The third-order valence-corrected chi connectivity index (χ3v) is 5.14. The Kier molecular flexibility index (Phi) is 6.36. The molecular formula is C17H19ClN2O3S. The van der Waals surface area contributed by atoms with Crippen LogP contribution in [0.3, 0.4) is 0 Å². The average molecular weight is 367 g/mol. The highest BCUT2D eigenvalue weighted by molar-refractivity contribution is 7.20. The molecule has 2 amide bonds. The van der Waals surface area contributed by atoms with E-state index in [2.05, 4.69) is 5.32 Å². The van der Waals surface area contributed by atoms with Gasteiger partial charge in [0, 0.05) is 30.1 Å². The molecule has 0 aliphatic rings.